The minimum absolute atomic E-state index is 0.163. The van der Waals surface area contributed by atoms with Crippen LogP contribution < -0.4 is 0 Å². The lowest BCUT2D eigenvalue weighted by molar-refractivity contribution is 0.0762. The molecule has 1 atom stereocenters. The number of benzene rings is 1. The minimum atomic E-state index is 0.163. The van der Waals surface area contributed by atoms with E-state index in [0.29, 0.717) is 0 Å². The molecule has 1 aliphatic rings. The number of nitrogens with zero attached hydrogens (tertiary/aromatic N) is 1. The molecule has 1 saturated heterocycles. The largest absolute Gasteiger partial charge is 0.321 e. The van der Waals surface area contributed by atoms with Gasteiger partial charge in [-0.25, -0.2) is 0 Å². The van der Waals surface area contributed by atoms with E-state index in [1.807, 2.05) is 28.8 Å². The van der Waals surface area contributed by atoms with E-state index in [2.05, 4.69) is 36.6 Å². The lowest BCUT2D eigenvalue weighted by Gasteiger charge is -2.23. The number of thiophene rings is 1. The molecular weight excluding hydrogens is 334 g/mol. The molecule has 2 heterocycles. The van der Waals surface area contributed by atoms with Crippen molar-refractivity contribution < 1.29 is 4.79 Å². The number of thioether (sulfide) groups is 1. The topological polar surface area (TPSA) is 20.3 Å². The summed E-state index contributed by atoms with van der Waals surface area (Å²) in [4.78, 5) is 16.2. The highest BCUT2D eigenvalue weighted by Crippen LogP contribution is 2.40. The Kier molecular flexibility index (Phi) is 6.38. The quantitative estimate of drug-likeness (QED) is 0.586. The minimum Gasteiger partial charge on any atom is -0.321 e. The maximum atomic E-state index is 12.9. The van der Waals surface area contributed by atoms with Crippen LogP contribution in [0.1, 0.15) is 58.8 Å². The summed E-state index contributed by atoms with van der Waals surface area (Å²) in [6.07, 6.45) is 6.24. The third-order valence-corrected chi connectivity index (χ3v) is 6.77. The number of aryl methyl sites for hydroxylation is 1. The van der Waals surface area contributed by atoms with Gasteiger partial charge >= 0.3 is 0 Å². The van der Waals surface area contributed by atoms with Gasteiger partial charge in [-0.1, -0.05) is 44.4 Å². The summed E-state index contributed by atoms with van der Waals surface area (Å²) >= 11 is 3.60. The Morgan fingerprint density at radius 1 is 1.17 bits per heavy atom. The number of carbonyl (C=O) groups excluding carboxylic acids is 1. The highest BCUT2D eigenvalue weighted by atomic mass is 32.2. The molecule has 0 saturated carbocycles. The third kappa shape index (κ3) is 4.22. The van der Waals surface area contributed by atoms with Gasteiger partial charge in [0.15, 0.2) is 0 Å². The van der Waals surface area contributed by atoms with Crippen LogP contribution in [0.5, 0.6) is 0 Å². The monoisotopic (exact) mass is 359 g/mol. The third-order valence-electron chi connectivity index (χ3n) is 4.46. The summed E-state index contributed by atoms with van der Waals surface area (Å²) in [5, 5.41) is 2.27. The van der Waals surface area contributed by atoms with Gasteiger partial charge in [-0.2, -0.15) is 0 Å². The van der Waals surface area contributed by atoms with Crippen molar-refractivity contribution in [2.45, 2.75) is 44.4 Å². The van der Waals surface area contributed by atoms with Crippen LogP contribution in [-0.4, -0.2) is 23.1 Å². The van der Waals surface area contributed by atoms with Crippen LogP contribution in [-0.2, 0) is 6.42 Å². The normalized spacial score (nSPS) is 17.4. The van der Waals surface area contributed by atoms with Crippen molar-refractivity contribution in [3.8, 4) is 0 Å². The second-order valence-corrected chi connectivity index (χ2v) is 8.41. The highest BCUT2D eigenvalue weighted by molar-refractivity contribution is 7.99. The SMILES string of the molecule is CCCCCCc1ccc(C(=O)N2CCS[C@H]2c2cccs2)cc1. The van der Waals surface area contributed by atoms with Crippen LogP contribution in [0.2, 0.25) is 0 Å². The van der Waals surface area contributed by atoms with Gasteiger partial charge in [-0.3, -0.25) is 4.79 Å². The molecule has 128 valence electrons. The van der Waals surface area contributed by atoms with Gasteiger partial charge in [-0.05, 0) is 42.0 Å². The first kappa shape index (κ1) is 17.6. The lowest BCUT2D eigenvalue weighted by atomic mass is 10.0. The Labute approximate surface area is 153 Å². The van der Waals surface area contributed by atoms with Crippen molar-refractivity contribution in [3.05, 3.63) is 57.8 Å². The Morgan fingerprint density at radius 2 is 2.00 bits per heavy atom. The number of hydrogen-bond donors (Lipinski definition) is 0. The number of rotatable bonds is 7. The second kappa shape index (κ2) is 8.72. The van der Waals surface area contributed by atoms with Crippen molar-refractivity contribution in [1.29, 1.82) is 0 Å². The summed E-state index contributed by atoms with van der Waals surface area (Å²) in [5.41, 5.74) is 2.16. The molecule has 2 aromatic rings. The van der Waals surface area contributed by atoms with Crippen molar-refractivity contribution in [1.82, 2.24) is 4.90 Å². The van der Waals surface area contributed by atoms with E-state index in [4.69, 9.17) is 0 Å². The van der Waals surface area contributed by atoms with Gasteiger partial charge < -0.3 is 4.90 Å². The van der Waals surface area contributed by atoms with Gasteiger partial charge in [-0.15, -0.1) is 23.1 Å². The van der Waals surface area contributed by atoms with Crippen LogP contribution in [0.3, 0.4) is 0 Å². The molecule has 1 amide bonds. The van der Waals surface area contributed by atoms with Gasteiger partial charge in [0.1, 0.15) is 5.37 Å². The maximum absolute atomic E-state index is 12.9. The molecule has 2 nitrogen and oxygen atoms in total. The first-order valence-electron chi connectivity index (χ1n) is 8.84. The summed E-state index contributed by atoms with van der Waals surface area (Å²) in [6.45, 7) is 3.07. The summed E-state index contributed by atoms with van der Waals surface area (Å²) in [6, 6.07) is 12.5. The van der Waals surface area contributed by atoms with Gasteiger partial charge in [0, 0.05) is 22.7 Å². The zero-order valence-corrected chi connectivity index (χ0v) is 15.9. The molecule has 1 aliphatic heterocycles. The molecule has 4 heteroatoms. The van der Waals surface area contributed by atoms with Crippen molar-refractivity contribution in [2.75, 3.05) is 12.3 Å². The fraction of sp³-hybridized carbons (Fsp3) is 0.450. The summed E-state index contributed by atoms with van der Waals surface area (Å²) in [7, 11) is 0. The van der Waals surface area contributed by atoms with Crippen LogP contribution >= 0.6 is 23.1 Å². The maximum Gasteiger partial charge on any atom is 0.255 e. The Morgan fingerprint density at radius 3 is 2.71 bits per heavy atom. The average molecular weight is 360 g/mol. The molecule has 0 radical (unpaired) electrons. The van der Waals surface area contributed by atoms with Crippen LogP contribution in [0.4, 0.5) is 0 Å². The fourth-order valence-corrected chi connectivity index (χ4v) is 5.32. The number of amides is 1. The van der Waals surface area contributed by atoms with Gasteiger partial charge in [0.25, 0.3) is 5.91 Å². The van der Waals surface area contributed by atoms with Crippen molar-refractivity contribution in [2.24, 2.45) is 0 Å². The molecule has 1 aromatic carbocycles. The van der Waals surface area contributed by atoms with E-state index in [1.165, 1.54) is 36.1 Å². The summed E-state index contributed by atoms with van der Waals surface area (Å²) in [5.74, 6) is 1.18. The second-order valence-electron chi connectivity index (χ2n) is 6.24. The summed E-state index contributed by atoms with van der Waals surface area (Å²) < 4.78 is 0. The van der Waals surface area contributed by atoms with E-state index in [1.54, 1.807) is 11.3 Å². The predicted octanol–water partition coefficient (Wildman–Crippen LogP) is 5.76. The van der Waals surface area contributed by atoms with Gasteiger partial charge in [0.05, 0.1) is 0 Å². The molecular formula is C20H25NOS2. The number of unbranched alkanes of at least 4 members (excludes halogenated alkanes) is 3. The standard InChI is InChI=1S/C20H25NOS2/c1-2-3-4-5-7-16-9-11-17(12-10-16)19(22)21-13-15-24-20(21)18-8-6-14-23-18/h6,8-12,14,20H,2-5,7,13,15H2,1H3/t20-/m0/s1. The van der Waals surface area contributed by atoms with Crippen LogP contribution in [0, 0.1) is 0 Å². The van der Waals surface area contributed by atoms with Crippen molar-refractivity contribution >= 4 is 29.0 Å². The van der Waals surface area contributed by atoms with Crippen LogP contribution in [0.15, 0.2) is 41.8 Å². The van der Waals surface area contributed by atoms with Gasteiger partial charge in [0.2, 0.25) is 0 Å². The Balaban J connectivity index is 1.62. The molecule has 24 heavy (non-hydrogen) atoms. The first-order valence-corrected chi connectivity index (χ1v) is 10.8. The average Bonchev–Trinajstić information content (AvgIpc) is 3.29. The number of carbonyl (C=O) groups is 1. The zero-order chi connectivity index (χ0) is 16.8. The smallest absolute Gasteiger partial charge is 0.255 e. The molecule has 0 aliphatic carbocycles. The molecule has 1 fully saturated rings. The van der Waals surface area contributed by atoms with Crippen molar-refractivity contribution in [3.63, 3.8) is 0 Å². The molecule has 1 aromatic heterocycles. The molecule has 0 spiro atoms. The first-order chi connectivity index (χ1) is 11.8. The molecule has 0 N–H and O–H groups in total. The molecule has 0 unspecified atom stereocenters. The van der Waals surface area contributed by atoms with E-state index in [9.17, 15) is 4.79 Å². The highest BCUT2D eigenvalue weighted by Gasteiger charge is 2.31. The Hall–Kier alpha value is -1.26. The van der Waals surface area contributed by atoms with E-state index < -0.39 is 0 Å². The fourth-order valence-electron chi connectivity index (χ4n) is 3.08. The lowest BCUT2D eigenvalue weighted by Crippen LogP contribution is -2.30. The Bertz CT molecular complexity index is 636. The zero-order valence-electron chi connectivity index (χ0n) is 14.2. The van der Waals surface area contributed by atoms with E-state index in [0.717, 1.165) is 24.3 Å². The number of hydrogen-bond acceptors (Lipinski definition) is 3. The molecule has 3 rings (SSSR count). The van der Waals surface area contributed by atoms with E-state index in [-0.39, 0.29) is 11.3 Å². The van der Waals surface area contributed by atoms with Crippen LogP contribution in [0.25, 0.3) is 0 Å². The van der Waals surface area contributed by atoms with E-state index >= 15 is 0 Å². The molecule has 0 bridgehead atoms. The predicted molar refractivity (Wildman–Crippen MR) is 105 cm³/mol.